The monoisotopic (exact) mass is 325 g/mol. The van der Waals surface area contributed by atoms with Crippen molar-refractivity contribution in [2.45, 2.75) is 12.3 Å². The summed E-state index contributed by atoms with van der Waals surface area (Å²) in [6.07, 6.45) is 4.78. The number of amides is 1. The van der Waals surface area contributed by atoms with Gasteiger partial charge in [0.15, 0.2) is 0 Å². The molecule has 0 bridgehead atoms. The molecule has 2 aromatic heterocycles. The van der Waals surface area contributed by atoms with E-state index >= 15 is 0 Å². The van der Waals surface area contributed by atoms with E-state index in [1.165, 1.54) is 6.20 Å². The standard InChI is InChI=1S/C17H15N3O2S/c21-16-13-6-11(10-23)3-4-15(13)19-9-14(16)17(22)20-8-12-2-1-5-18-7-12/h1-7,9,23H,8,10H2,(H,19,21)(H,20,22). The fraction of sp³-hybridized carbons (Fsp3) is 0.118. The Bertz CT molecular complexity index is 907. The van der Waals surface area contributed by atoms with Crippen molar-refractivity contribution in [2.24, 2.45) is 0 Å². The Morgan fingerprint density at radius 2 is 2.13 bits per heavy atom. The highest BCUT2D eigenvalue weighted by atomic mass is 32.1. The maximum Gasteiger partial charge on any atom is 0.257 e. The quantitative estimate of drug-likeness (QED) is 0.644. The van der Waals surface area contributed by atoms with Crippen LogP contribution >= 0.6 is 12.6 Å². The van der Waals surface area contributed by atoms with Gasteiger partial charge in [0.05, 0.1) is 0 Å². The molecule has 1 amide bonds. The summed E-state index contributed by atoms with van der Waals surface area (Å²) < 4.78 is 0. The average Bonchev–Trinajstić information content (AvgIpc) is 2.60. The average molecular weight is 325 g/mol. The maximum absolute atomic E-state index is 12.5. The number of fused-ring (bicyclic) bond motifs is 1. The first-order valence-electron chi connectivity index (χ1n) is 7.11. The zero-order chi connectivity index (χ0) is 16.2. The van der Waals surface area contributed by atoms with Crippen molar-refractivity contribution >= 4 is 29.4 Å². The Balaban J connectivity index is 1.88. The van der Waals surface area contributed by atoms with Gasteiger partial charge in [-0.3, -0.25) is 14.6 Å². The fourth-order valence-electron chi connectivity index (χ4n) is 2.31. The zero-order valence-electron chi connectivity index (χ0n) is 12.2. The molecule has 1 aromatic carbocycles. The van der Waals surface area contributed by atoms with Gasteiger partial charge in [0.1, 0.15) is 5.56 Å². The third-order valence-corrected chi connectivity index (χ3v) is 3.91. The Morgan fingerprint density at radius 3 is 2.87 bits per heavy atom. The third-order valence-electron chi connectivity index (χ3n) is 3.55. The molecule has 3 aromatic rings. The molecule has 0 radical (unpaired) electrons. The Hall–Kier alpha value is -2.60. The molecule has 3 rings (SSSR count). The molecule has 0 aliphatic heterocycles. The van der Waals surface area contributed by atoms with E-state index in [0.29, 0.717) is 23.2 Å². The number of rotatable bonds is 4. The molecule has 23 heavy (non-hydrogen) atoms. The van der Waals surface area contributed by atoms with Gasteiger partial charge in [-0.1, -0.05) is 12.1 Å². The van der Waals surface area contributed by atoms with Crippen LogP contribution in [0.2, 0.25) is 0 Å². The van der Waals surface area contributed by atoms with Crippen LogP contribution in [0, 0.1) is 0 Å². The van der Waals surface area contributed by atoms with Crippen molar-refractivity contribution in [3.05, 3.63) is 75.8 Å². The lowest BCUT2D eigenvalue weighted by molar-refractivity contribution is 0.0949. The van der Waals surface area contributed by atoms with Crippen LogP contribution in [0.1, 0.15) is 21.5 Å². The summed E-state index contributed by atoms with van der Waals surface area (Å²) in [5.74, 6) is 0.126. The van der Waals surface area contributed by atoms with E-state index in [4.69, 9.17) is 0 Å². The number of pyridine rings is 2. The first kappa shape index (κ1) is 15.3. The molecule has 0 saturated carbocycles. The van der Waals surface area contributed by atoms with Gasteiger partial charge in [0.2, 0.25) is 5.43 Å². The first-order chi connectivity index (χ1) is 11.2. The highest BCUT2D eigenvalue weighted by Crippen LogP contribution is 2.12. The highest BCUT2D eigenvalue weighted by Gasteiger charge is 2.13. The van der Waals surface area contributed by atoms with Crippen molar-refractivity contribution in [3.63, 3.8) is 0 Å². The van der Waals surface area contributed by atoms with Gasteiger partial charge in [-0.25, -0.2) is 0 Å². The largest absolute Gasteiger partial charge is 0.360 e. The SMILES string of the molecule is O=C(NCc1cccnc1)c1c[nH]c2ccc(CS)cc2c1=O. The number of thiol groups is 1. The molecular weight excluding hydrogens is 310 g/mol. The number of carbonyl (C=O) groups is 1. The van der Waals surface area contributed by atoms with Crippen LogP contribution in [-0.2, 0) is 12.3 Å². The highest BCUT2D eigenvalue weighted by molar-refractivity contribution is 7.79. The molecular formula is C17H15N3O2S. The summed E-state index contributed by atoms with van der Waals surface area (Å²) in [7, 11) is 0. The van der Waals surface area contributed by atoms with Crippen LogP contribution in [0.15, 0.2) is 53.7 Å². The molecule has 0 fully saturated rings. The summed E-state index contributed by atoms with van der Waals surface area (Å²) in [6, 6.07) is 9.13. The van der Waals surface area contributed by atoms with E-state index in [9.17, 15) is 9.59 Å². The minimum atomic E-state index is -0.409. The predicted octanol–water partition coefficient (Wildman–Crippen LogP) is 2.28. The minimum Gasteiger partial charge on any atom is -0.360 e. The lowest BCUT2D eigenvalue weighted by atomic mass is 10.1. The van der Waals surface area contributed by atoms with Crippen molar-refractivity contribution in [3.8, 4) is 0 Å². The Kier molecular flexibility index (Phi) is 4.43. The number of hydrogen-bond donors (Lipinski definition) is 3. The number of aromatic nitrogens is 2. The van der Waals surface area contributed by atoms with Gasteiger partial charge in [-0.2, -0.15) is 12.6 Å². The van der Waals surface area contributed by atoms with E-state index in [1.54, 1.807) is 24.5 Å². The molecule has 0 saturated heterocycles. The fourth-order valence-corrected chi connectivity index (χ4v) is 2.51. The smallest absolute Gasteiger partial charge is 0.257 e. The molecule has 0 aliphatic carbocycles. The number of aromatic amines is 1. The number of hydrogen-bond acceptors (Lipinski definition) is 4. The van der Waals surface area contributed by atoms with Gasteiger partial charge in [0.25, 0.3) is 5.91 Å². The number of H-pyrrole nitrogens is 1. The molecule has 0 spiro atoms. The number of carbonyl (C=O) groups excluding carboxylic acids is 1. The van der Waals surface area contributed by atoms with Crippen LogP contribution < -0.4 is 10.7 Å². The summed E-state index contributed by atoms with van der Waals surface area (Å²) >= 11 is 4.21. The van der Waals surface area contributed by atoms with Crippen molar-refractivity contribution in [1.29, 1.82) is 0 Å². The molecule has 0 aliphatic rings. The lowest BCUT2D eigenvalue weighted by Crippen LogP contribution is -2.28. The number of nitrogens with zero attached hydrogens (tertiary/aromatic N) is 1. The van der Waals surface area contributed by atoms with Gasteiger partial charge in [0, 0.05) is 41.8 Å². The van der Waals surface area contributed by atoms with Crippen molar-refractivity contribution < 1.29 is 4.79 Å². The normalized spacial score (nSPS) is 10.7. The van der Waals surface area contributed by atoms with Crippen LogP contribution in [0.4, 0.5) is 0 Å². The minimum absolute atomic E-state index is 0.0951. The van der Waals surface area contributed by atoms with Gasteiger partial charge >= 0.3 is 0 Å². The summed E-state index contributed by atoms with van der Waals surface area (Å²) in [5, 5.41) is 3.23. The van der Waals surface area contributed by atoms with E-state index in [2.05, 4.69) is 27.9 Å². The van der Waals surface area contributed by atoms with E-state index in [-0.39, 0.29) is 11.0 Å². The van der Waals surface area contributed by atoms with Crippen LogP contribution in [0.25, 0.3) is 10.9 Å². The molecule has 0 unspecified atom stereocenters. The maximum atomic E-state index is 12.5. The van der Waals surface area contributed by atoms with Gasteiger partial charge < -0.3 is 10.3 Å². The second-order valence-electron chi connectivity index (χ2n) is 5.11. The predicted molar refractivity (Wildman–Crippen MR) is 92.7 cm³/mol. The van der Waals surface area contributed by atoms with Gasteiger partial charge in [-0.05, 0) is 29.3 Å². The van der Waals surface area contributed by atoms with E-state index < -0.39 is 5.91 Å². The van der Waals surface area contributed by atoms with E-state index in [0.717, 1.165) is 11.1 Å². The molecule has 2 heterocycles. The molecule has 6 heteroatoms. The van der Waals surface area contributed by atoms with Gasteiger partial charge in [-0.15, -0.1) is 0 Å². The summed E-state index contributed by atoms with van der Waals surface area (Å²) in [4.78, 5) is 31.8. The van der Waals surface area contributed by atoms with Crippen LogP contribution in [0.5, 0.6) is 0 Å². The van der Waals surface area contributed by atoms with Crippen molar-refractivity contribution in [1.82, 2.24) is 15.3 Å². The molecule has 2 N–H and O–H groups in total. The lowest BCUT2D eigenvalue weighted by Gasteiger charge is -2.06. The summed E-state index contributed by atoms with van der Waals surface area (Å²) in [5.41, 5.74) is 2.31. The second-order valence-corrected chi connectivity index (χ2v) is 5.43. The molecule has 5 nitrogen and oxygen atoms in total. The number of benzene rings is 1. The molecule has 116 valence electrons. The first-order valence-corrected chi connectivity index (χ1v) is 7.74. The Labute approximate surface area is 138 Å². The Morgan fingerprint density at radius 1 is 1.26 bits per heavy atom. The van der Waals surface area contributed by atoms with Crippen LogP contribution in [-0.4, -0.2) is 15.9 Å². The second kappa shape index (κ2) is 6.66. The summed E-state index contributed by atoms with van der Waals surface area (Å²) in [6.45, 7) is 0.320. The topological polar surface area (TPSA) is 74.8 Å². The molecule has 0 atom stereocenters. The third kappa shape index (κ3) is 3.27. The van der Waals surface area contributed by atoms with Crippen LogP contribution in [0.3, 0.4) is 0 Å². The van der Waals surface area contributed by atoms with E-state index in [1.807, 2.05) is 18.2 Å². The zero-order valence-corrected chi connectivity index (χ0v) is 13.1. The number of nitrogens with one attached hydrogen (secondary N) is 2. The van der Waals surface area contributed by atoms with Crippen molar-refractivity contribution in [2.75, 3.05) is 0 Å².